The molecular weight excluding hydrogens is 662 g/mol. The van der Waals surface area contributed by atoms with Gasteiger partial charge in [-0.25, -0.2) is 9.97 Å². The van der Waals surface area contributed by atoms with E-state index in [-0.39, 0.29) is 29.5 Å². The first-order valence-corrected chi connectivity index (χ1v) is 18.1. The number of benzene rings is 1. The maximum Gasteiger partial charge on any atom is 0.282 e. The average Bonchev–Trinajstić information content (AvgIpc) is 3.57. The zero-order valence-electron chi connectivity index (χ0n) is 30.5. The first-order chi connectivity index (χ1) is 24.4. The summed E-state index contributed by atoms with van der Waals surface area (Å²) < 4.78 is 1.78. The van der Waals surface area contributed by atoms with Crippen LogP contribution < -0.4 is 15.4 Å². The molecule has 0 aliphatic carbocycles. The minimum Gasteiger partial charge on any atom is -0.363 e. The zero-order chi connectivity index (χ0) is 36.3. The molecule has 0 spiro atoms. The summed E-state index contributed by atoms with van der Waals surface area (Å²) in [6, 6.07) is 7.80. The van der Waals surface area contributed by atoms with Crippen molar-refractivity contribution in [2.75, 3.05) is 56.6 Å². The number of anilines is 2. The van der Waals surface area contributed by atoms with E-state index in [1.165, 1.54) is 6.08 Å². The molecule has 7 rings (SSSR count). The predicted octanol–water partition coefficient (Wildman–Crippen LogP) is 6.08. The number of imidazole rings is 1. The number of amides is 1. The highest BCUT2D eigenvalue weighted by Crippen LogP contribution is 2.45. The minimum atomic E-state index is -0.147. The van der Waals surface area contributed by atoms with Gasteiger partial charge in [0.05, 0.1) is 51.2 Å². The molecule has 1 fully saturated rings. The molecule has 1 amide bonds. The summed E-state index contributed by atoms with van der Waals surface area (Å²) in [4.78, 5) is 55.1. The number of fused-ring (bicyclic) bond motifs is 6. The summed E-state index contributed by atoms with van der Waals surface area (Å²) >= 11 is 7.31. The Hall–Kier alpha value is -4.74. The Labute approximate surface area is 303 Å². The molecule has 2 aliphatic heterocycles. The number of aryl methyl sites for hydroxylation is 2. The van der Waals surface area contributed by atoms with Crippen molar-refractivity contribution in [2.45, 2.75) is 59.0 Å². The summed E-state index contributed by atoms with van der Waals surface area (Å²) in [7, 11) is 4.12. The van der Waals surface area contributed by atoms with Crippen LogP contribution >= 0.6 is 11.6 Å². The molecule has 12 heteroatoms. The second kappa shape index (κ2) is 13.4. The predicted molar refractivity (Wildman–Crippen MR) is 207 cm³/mol. The molecule has 2 aliphatic rings. The smallest absolute Gasteiger partial charge is 0.282 e. The molecule has 0 radical (unpaired) electrons. The van der Waals surface area contributed by atoms with E-state index in [0.717, 1.165) is 63.1 Å². The lowest BCUT2D eigenvalue weighted by molar-refractivity contribution is -0.128. The molecule has 11 nitrogen and oxygen atoms in total. The van der Waals surface area contributed by atoms with Crippen LogP contribution in [-0.2, 0) is 4.79 Å². The lowest BCUT2D eigenvalue weighted by Gasteiger charge is -2.52. The van der Waals surface area contributed by atoms with Crippen LogP contribution in [0.5, 0.6) is 0 Å². The van der Waals surface area contributed by atoms with Crippen molar-refractivity contribution in [3.8, 4) is 16.9 Å². The van der Waals surface area contributed by atoms with Crippen molar-refractivity contribution in [1.82, 2.24) is 34.3 Å². The van der Waals surface area contributed by atoms with E-state index in [1.807, 2.05) is 43.0 Å². The van der Waals surface area contributed by atoms with Gasteiger partial charge in [0, 0.05) is 49.4 Å². The SMILES string of the molecule is C=CC(=O)N1CC2CN(CCCN(C)C)c3c(c4cc(Cl)c(-c5c(C)ccc6[nH]cnc56)nc4n(-c4c(C)ccnc4C(C)C)c3=O)N2CC1C. The van der Waals surface area contributed by atoms with Gasteiger partial charge >= 0.3 is 0 Å². The number of hydrogen-bond acceptors (Lipinski definition) is 8. The molecule has 6 heterocycles. The number of rotatable bonds is 8. The molecule has 1 N–H and O–H groups in total. The number of aromatic nitrogens is 5. The third kappa shape index (κ3) is 5.86. The summed E-state index contributed by atoms with van der Waals surface area (Å²) in [5, 5.41) is 1.25. The van der Waals surface area contributed by atoms with Crippen LogP contribution in [0.3, 0.4) is 0 Å². The van der Waals surface area contributed by atoms with Crippen molar-refractivity contribution < 1.29 is 4.79 Å². The van der Waals surface area contributed by atoms with Crippen molar-refractivity contribution >= 4 is 50.9 Å². The fourth-order valence-electron chi connectivity index (χ4n) is 7.93. The number of nitrogens with one attached hydrogen (secondary N) is 1. The number of piperazine rings is 1. The number of nitrogens with zero attached hydrogens (tertiary/aromatic N) is 8. The largest absolute Gasteiger partial charge is 0.363 e. The first kappa shape index (κ1) is 34.7. The number of pyridine rings is 3. The van der Waals surface area contributed by atoms with Gasteiger partial charge in [-0.05, 0) is 89.2 Å². The summed E-state index contributed by atoms with van der Waals surface area (Å²) in [6.45, 7) is 17.3. The van der Waals surface area contributed by atoms with E-state index in [1.54, 1.807) is 17.1 Å². The fraction of sp³-hybridized carbons (Fsp3) is 0.410. The third-order valence-electron chi connectivity index (χ3n) is 10.4. The molecule has 51 heavy (non-hydrogen) atoms. The van der Waals surface area contributed by atoms with E-state index < -0.39 is 0 Å². The number of H-pyrrole nitrogens is 1. The topological polar surface area (TPSA) is 106 Å². The Morgan fingerprint density at radius 2 is 1.88 bits per heavy atom. The maximum absolute atomic E-state index is 15.5. The van der Waals surface area contributed by atoms with Gasteiger partial charge in [-0.2, -0.15) is 0 Å². The highest BCUT2D eigenvalue weighted by molar-refractivity contribution is 6.34. The molecule has 1 saturated heterocycles. The van der Waals surface area contributed by atoms with Gasteiger partial charge in [-0.1, -0.05) is 38.1 Å². The molecular formula is C39H46ClN9O2. The van der Waals surface area contributed by atoms with Gasteiger partial charge in [0.15, 0.2) is 0 Å². The van der Waals surface area contributed by atoms with Crippen LogP contribution in [0.15, 0.2) is 54.2 Å². The highest BCUT2D eigenvalue weighted by Gasteiger charge is 2.42. The van der Waals surface area contributed by atoms with Crippen LogP contribution in [0.2, 0.25) is 5.02 Å². The van der Waals surface area contributed by atoms with E-state index in [2.05, 4.69) is 66.1 Å². The standard InChI is InChI=1S/C39H46ClN9O2/c1-9-30(50)47-20-26-19-46(16-10-15-45(7)8)37-36(48(26)18-25(47)6)27-17-28(40)33(31-23(4)11-12-29-34(31)43-21-42-29)44-38(27)49(39(37)51)35-24(5)13-14-41-32(35)22(2)3/h9,11-14,17,21-22,25-26H,1,10,15-16,18-20H2,2-8H3,(H,42,43). The van der Waals surface area contributed by atoms with Gasteiger partial charge in [0.25, 0.3) is 5.56 Å². The van der Waals surface area contributed by atoms with Crippen LogP contribution in [0.1, 0.15) is 49.9 Å². The normalized spacial score (nSPS) is 17.5. The Balaban J connectivity index is 1.58. The van der Waals surface area contributed by atoms with Crippen LogP contribution in [0.4, 0.5) is 11.4 Å². The van der Waals surface area contributed by atoms with Gasteiger partial charge in [0.2, 0.25) is 5.91 Å². The molecule has 5 aromatic rings. The number of halogens is 1. The highest BCUT2D eigenvalue weighted by atomic mass is 35.5. The second-order valence-electron chi connectivity index (χ2n) is 14.6. The number of aromatic amines is 1. The Morgan fingerprint density at radius 3 is 2.61 bits per heavy atom. The molecule has 2 unspecified atom stereocenters. The monoisotopic (exact) mass is 707 g/mol. The van der Waals surface area contributed by atoms with Crippen molar-refractivity contribution in [3.05, 3.63) is 81.6 Å². The van der Waals surface area contributed by atoms with E-state index in [9.17, 15) is 4.79 Å². The molecule has 4 aromatic heterocycles. The average molecular weight is 708 g/mol. The van der Waals surface area contributed by atoms with E-state index in [0.29, 0.717) is 48.2 Å². The summed E-state index contributed by atoms with van der Waals surface area (Å²) in [5.74, 6) is -0.0421. The summed E-state index contributed by atoms with van der Waals surface area (Å²) in [5.41, 5.74) is 8.28. The van der Waals surface area contributed by atoms with Gasteiger partial charge in [-0.15, -0.1) is 0 Å². The second-order valence-corrected chi connectivity index (χ2v) is 15.0. The fourth-order valence-corrected chi connectivity index (χ4v) is 8.17. The van der Waals surface area contributed by atoms with Gasteiger partial charge in [0.1, 0.15) is 11.3 Å². The molecule has 266 valence electrons. The van der Waals surface area contributed by atoms with E-state index in [4.69, 9.17) is 21.6 Å². The minimum absolute atomic E-state index is 0.0431. The van der Waals surface area contributed by atoms with Gasteiger partial charge in [-0.3, -0.25) is 19.1 Å². The molecule has 2 atom stereocenters. The van der Waals surface area contributed by atoms with Crippen molar-refractivity contribution in [1.29, 1.82) is 0 Å². The Morgan fingerprint density at radius 1 is 1.10 bits per heavy atom. The maximum atomic E-state index is 15.5. The lowest BCUT2D eigenvalue weighted by Crippen LogP contribution is -2.64. The van der Waals surface area contributed by atoms with Gasteiger partial charge < -0.3 is 24.6 Å². The van der Waals surface area contributed by atoms with Crippen molar-refractivity contribution in [2.24, 2.45) is 0 Å². The van der Waals surface area contributed by atoms with E-state index >= 15 is 4.79 Å². The number of hydrogen-bond donors (Lipinski definition) is 1. The van der Waals surface area contributed by atoms with Crippen molar-refractivity contribution in [3.63, 3.8) is 0 Å². The van der Waals surface area contributed by atoms with Crippen LogP contribution in [-0.4, -0.2) is 99.1 Å². The lowest BCUT2D eigenvalue weighted by atomic mass is 9.97. The Bertz CT molecular complexity index is 2240. The number of carbonyl (C=O) groups excluding carboxylic acids is 1. The molecule has 0 saturated carbocycles. The molecule has 0 bridgehead atoms. The number of carbonyl (C=O) groups is 1. The van der Waals surface area contributed by atoms with Crippen LogP contribution in [0, 0.1) is 13.8 Å². The quantitative estimate of drug-likeness (QED) is 0.194. The summed E-state index contributed by atoms with van der Waals surface area (Å²) in [6.07, 6.45) is 5.73. The van der Waals surface area contributed by atoms with Crippen LogP contribution in [0.25, 0.3) is 39.0 Å². The first-order valence-electron chi connectivity index (χ1n) is 17.7. The molecule has 1 aromatic carbocycles. The Kier molecular flexibility index (Phi) is 9.14. The third-order valence-corrected chi connectivity index (χ3v) is 10.7. The zero-order valence-corrected chi connectivity index (χ0v) is 31.3.